The maximum atomic E-state index is 13.0. The van der Waals surface area contributed by atoms with E-state index in [1.807, 2.05) is 19.0 Å². The second-order valence-corrected chi connectivity index (χ2v) is 10.3. The van der Waals surface area contributed by atoms with Gasteiger partial charge in [-0.05, 0) is 37.1 Å². The first kappa shape index (κ1) is 23.2. The molecule has 0 bridgehead atoms. The Morgan fingerprint density at radius 3 is 2.10 bits per heavy atom. The summed E-state index contributed by atoms with van der Waals surface area (Å²) in [5, 5.41) is 3.63. The molecule has 0 aliphatic carbocycles. The summed E-state index contributed by atoms with van der Waals surface area (Å²) in [6.07, 6.45) is 0.788. The molecule has 1 heterocycles. The molecule has 0 radical (unpaired) electrons. The summed E-state index contributed by atoms with van der Waals surface area (Å²) in [6.45, 7) is 0.413. The molecule has 10 heteroatoms. The van der Waals surface area contributed by atoms with Crippen molar-refractivity contribution in [1.82, 2.24) is 4.31 Å². The molecule has 30 heavy (non-hydrogen) atoms. The molecule has 1 aliphatic heterocycles. The van der Waals surface area contributed by atoms with Crippen LogP contribution in [-0.4, -0.2) is 45.8 Å². The van der Waals surface area contributed by atoms with Crippen LogP contribution in [0.2, 0.25) is 15.1 Å². The van der Waals surface area contributed by atoms with E-state index in [1.54, 1.807) is 24.3 Å². The molecule has 0 atom stereocenters. The van der Waals surface area contributed by atoms with E-state index in [4.69, 9.17) is 34.8 Å². The maximum absolute atomic E-state index is 13.0. The number of carbonyl (C=O) groups excluding carboxylic acids is 1. The second-order valence-electron chi connectivity index (χ2n) is 7.25. The molecule has 1 saturated heterocycles. The van der Waals surface area contributed by atoms with Crippen molar-refractivity contribution in [2.24, 2.45) is 5.92 Å². The zero-order valence-electron chi connectivity index (χ0n) is 16.5. The number of rotatable bonds is 5. The minimum atomic E-state index is -3.84. The van der Waals surface area contributed by atoms with E-state index in [0.29, 0.717) is 23.6 Å². The van der Waals surface area contributed by atoms with E-state index < -0.39 is 10.0 Å². The van der Waals surface area contributed by atoms with Gasteiger partial charge in [-0.3, -0.25) is 4.79 Å². The summed E-state index contributed by atoms with van der Waals surface area (Å²) < 4.78 is 27.3. The van der Waals surface area contributed by atoms with Crippen LogP contribution in [0.25, 0.3) is 0 Å². The van der Waals surface area contributed by atoms with Crippen molar-refractivity contribution in [2.75, 3.05) is 37.4 Å². The molecule has 2 aromatic carbocycles. The van der Waals surface area contributed by atoms with Crippen LogP contribution in [0, 0.1) is 5.92 Å². The lowest BCUT2D eigenvalue weighted by Gasteiger charge is -2.31. The highest BCUT2D eigenvalue weighted by atomic mass is 35.5. The molecule has 0 unspecified atom stereocenters. The molecule has 162 valence electrons. The Hall–Kier alpha value is -1.51. The average Bonchev–Trinajstić information content (AvgIpc) is 2.67. The number of hydrogen-bond acceptors (Lipinski definition) is 4. The number of nitrogens with one attached hydrogen (secondary N) is 1. The Morgan fingerprint density at radius 1 is 1.00 bits per heavy atom. The maximum Gasteiger partial charge on any atom is 0.246 e. The summed E-state index contributed by atoms with van der Waals surface area (Å²) in [5.74, 6) is -0.472. The van der Waals surface area contributed by atoms with Gasteiger partial charge in [-0.15, -0.1) is 0 Å². The fourth-order valence-corrected chi connectivity index (χ4v) is 6.43. The monoisotopic (exact) mass is 489 g/mol. The van der Waals surface area contributed by atoms with Gasteiger partial charge in [-0.2, -0.15) is 4.31 Å². The smallest absolute Gasteiger partial charge is 0.246 e. The van der Waals surface area contributed by atoms with Crippen LogP contribution in [0.5, 0.6) is 0 Å². The minimum Gasteiger partial charge on any atom is -0.375 e. The normalized spacial score (nSPS) is 15.8. The van der Waals surface area contributed by atoms with E-state index in [2.05, 4.69) is 5.32 Å². The third-order valence-corrected chi connectivity index (χ3v) is 8.19. The number of halogens is 3. The molecule has 1 amide bonds. The van der Waals surface area contributed by atoms with Gasteiger partial charge in [0.2, 0.25) is 15.9 Å². The molecular formula is C20H22Cl3N3O3S. The largest absolute Gasteiger partial charge is 0.375 e. The first-order chi connectivity index (χ1) is 14.1. The molecule has 1 N–H and O–H groups in total. The Balaban J connectivity index is 1.70. The lowest BCUT2D eigenvalue weighted by molar-refractivity contribution is -0.120. The Morgan fingerprint density at radius 2 is 1.53 bits per heavy atom. The number of sulfonamides is 1. The van der Waals surface area contributed by atoms with Gasteiger partial charge in [-0.25, -0.2) is 8.42 Å². The van der Waals surface area contributed by atoms with Crippen LogP contribution in [0.3, 0.4) is 0 Å². The first-order valence-corrected chi connectivity index (χ1v) is 11.9. The van der Waals surface area contributed by atoms with Gasteiger partial charge in [-0.1, -0.05) is 46.9 Å². The predicted octanol–water partition coefficient (Wildman–Crippen LogP) is 4.75. The van der Waals surface area contributed by atoms with Crippen molar-refractivity contribution >= 4 is 62.1 Å². The highest BCUT2D eigenvalue weighted by Gasteiger charge is 2.34. The molecule has 2 aromatic rings. The quantitative estimate of drug-likeness (QED) is 0.656. The number of anilines is 2. The molecular weight excluding hydrogens is 469 g/mol. The third-order valence-electron chi connectivity index (χ3n) is 5.03. The van der Waals surface area contributed by atoms with Crippen molar-refractivity contribution in [3.8, 4) is 0 Å². The second kappa shape index (κ2) is 9.32. The molecule has 0 spiro atoms. The molecule has 0 saturated carbocycles. The first-order valence-electron chi connectivity index (χ1n) is 9.33. The number of hydrogen-bond donors (Lipinski definition) is 1. The number of para-hydroxylation sites is 1. The van der Waals surface area contributed by atoms with E-state index in [1.165, 1.54) is 16.4 Å². The van der Waals surface area contributed by atoms with Crippen molar-refractivity contribution in [1.29, 1.82) is 0 Å². The van der Waals surface area contributed by atoms with Crippen LogP contribution in [0.15, 0.2) is 41.3 Å². The lowest BCUT2D eigenvalue weighted by Crippen LogP contribution is -2.41. The number of benzene rings is 2. The minimum absolute atomic E-state index is 0.0829. The van der Waals surface area contributed by atoms with Gasteiger partial charge < -0.3 is 10.2 Å². The Labute approximate surface area is 191 Å². The summed E-state index contributed by atoms with van der Waals surface area (Å²) in [7, 11) is -0.147. The number of amides is 1. The van der Waals surface area contributed by atoms with Gasteiger partial charge in [0.25, 0.3) is 0 Å². The summed E-state index contributed by atoms with van der Waals surface area (Å²) >= 11 is 18.4. The van der Waals surface area contributed by atoms with Crippen LogP contribution in [0.4, 0.5) is 11.4 Å². The van der Waals surface area contributed by atoms with Gasteiger partial charge in [0.15, 0.2) is 0 Å². The third kappa shape index (κ3) is 4.70. The number of piperidine rings is 1. The molecule has 1 aliphatic rings. The van der Waals surface area contributed by atoms with Gasteiger partial charge >= 0.3 is 0 Å². The molecule has 0 aromatic heterocycles. The summed E-state index contributed by atoms with van der Waals surface area (Å²) in [6, 6.07) is 9.90. The van der Waals surface area contributed by atoms with Crippen molar-refractivity contribution < 1.29 is 13.2 Å². The Kier molecular flexibility index (Phi) is 7.20. The number of nitrogens with zero attached hydrogens (tertiary/aromatic N) is 2. The van der Waals surface area contributed by atoms with Crippen LogP contribution >= 0.6 is 34.8 Å². The zero-order valence-corrected chi connectivity index (χ0v) is 19.6. The molecule has 3 rings (SSSR count). The van der Waals surface area contributed by atoms with Crippen molar-refractivity contribution in [2.45, 2.75) is 17.7 Å². The van der Waals surface area contributed by atoms with Crippen molar-refractivity contribution in [3.05, 3.63) is 51.5 Å². The average molecular weight is 491 g/mol. The fraction of sp³-hybridized carbons (Fsp3) is 0.350. The van der Waals surface area contributed by atoms with Crippen LogP contribution in [0.1, 0.15) is 12.8 Å². The summed E-state index contributed by atoms with van der Waals surface area (Å²) in [4.78, 5) is 14.5. The zero-order chi connectivity index (χ0) is 22.1. The molecule has 1 fully saturated rings. The van der Waals surface area contributed by atoms with E-state index in [-0.39, 0.29) is 39.9 Å². The predicted molar refractivity (Wildman–Crippen MR) is 122 cm³/mol. The lowest BCUT2D eigenvalue weighted by atomic mass is 9.97. The van der Waals surface area contributed by atoms with E-state index >= 15 is 0 Å². The standard InChI is InChI=1S/C20H22Cl3N3O3S/c1-25(2)18-14(21)5-4-8-17(18)24-20(27)13-9-11-26(12-10-13)30(28,29)19-15(22)6-3-7-16(19)23/h3-8,13H,9-12H2,1-2H3,(H,24,27). The number of carbonyl (C=O) groups is 1. The van der Waals surface area contributed by atoms with E-state index in [0.717, 1.165) is 5.69 Å². The highest BCUT2D eigenvalue weighted by Crippen LogP contribution is 2.35. The van der Waals surface area contributed by atoms with Gasteiger partial charge in [0.05, 0.1) is 26.4 Å². The van der Waals surface area contributed by atoms with Gasteiger partial charge in [0, 0.05) is 33.1 Å². The fourth-order valence-electron chi connectivity index (χ4n) is 3.52. The summed E-state index contributed by atoms with van der Waals surface area (Å²) in [5.41, 5.74) is 1.34. The van der Waals surface area contributed by atoms with E-state index in [9.17, 15) is 13.2 Å². The SMILES string of the molecule is CN(C)c1c(Cl)cccc1NC(=O)C1CCN(S(=O)(=O)c2c(Cl)cccc2Cl)CC1. The molecule has 6 nitrogen and oxygen atoms in total. The Bertz CT molecular complexity index is 1030. The van der Waals surface area contributed by atoms with Crippen LogP contribution in [-0.2, 0) is 14.8 Å². The van der Waals surface area contributed by atoms with Crippen molar-refractivity contribution in [3.63, 3.8) is 0 Å². The topological polar surface area (TPSA) is 69.7 Å². The van der Waals surface area contributed by atoms with Crippen LogP contribution < -0.4 is 10.2 Å². The highest BCUT2D eigenvalue weighted by molar-refractivity contribution is 7.89. The van der Waals surface area contributed by atoms with Gasteiger partial charge in [0.1, 0.15) is 4.90 Å².